The van der Waals surface area contributed by atoms with Crippen LogP contribution in [0.1, 0.15) is 40.4 Å². The molecule has 1 fully saturated rings. The normalized spacial score (nSPS) is 20.5. The molecule has 0 unspecified atom stereocenters. The number of para-hydroxylation sites is 1. The zero-order valence-corrected chi connectivity index (χ0v) is 13.7. The van der Waals surface area contributed by atoms with E-state index in [4.69, 9.17) is 4.74 Å². The average molecular weight is 329 g/mol. The first-order valence-electron chi connectivity index (χ1n) is 7.92. The molecule has 2 aromatic rings. The number of hydrogen-bond donors (Lipinski definition) is 2. The van der Waals surface area contributed by atoms with Gasteiger partial charge >= 0.3 is 6.03 Å². The minimum absolute atomic E-state index is 0.0197. The van der Waals surface area contributed by atoms with E-state index in [1.807, 2.05) is 37.4 Å². The van der Waals surface area contributed by atoms with Gasteiger partial charge in [0.25, 0.3) is 0 Å². The Morgan fingerprint density at radius 1 is 1.39 bits per heavy atom. The highest BCUT2D eigenvalue weighted by atomic mass is 32.1. The summed E-state index contributed by atoms with van der Waals surface area (Å²) >= 11 is 1.66. The summed E-state index contributed by atoms with van der Waals surface area (Å²) in [6, 6.07) is 7.60. The Balaban J connectivity index is 1.43. The fourth-order valence-electron chi connectivity index (χ4n) is 2.95. The summed E-state index contributed by atoms with van der Waals surface area (Å²) in [6.07, 6.45) is 4.17. The maximum absolute atomic E-state index is 12.4. The van der Waals surface area contributed by atoms with Crippen molar-refractivity contribution in [3.8, 4) is 5.75 Å². The minimum atomic E-state index is -0.153. The number of thiazole rings is 1. The molecule has 1 aromatic heterocycles. The molecule has 2 heterocycles. The van der Waals surface area contributed by atoms with Crippen LogP contribution in [0.3, 0.4) is 0 Å². The number of aromatic nitrogens is 1. The zero-order valence-electron chi connectivity index (χ0n) is 12.9. The number of carbonyl (C=O) groups is 1. The van der Waals surface area contributed by atoms with Gasteiger partial charge in [0.15, 0.2) is 0 Å². The van der Waals surface area contributed by atoms with E-state index in [-0.39, 0.29) is 18.1 Å². The first-order valence-corrected chi connectivity index (χ1v) is 8.73. The average Bonchev–Trinajstić information content (AvgIpc) is 3.18. The molecule has 1 aliphatic carbocycles. The summed E-state index contributed by atoms with van der Waals surface area (Å²) in [5, 5.41) is 7.14. The molecule has 1 saturated carbocycles. The number of rotatable bonds is 4. The number of carbonyl (C=O) groups excluding carboxylic acids is 1. The summed E-state index contributed by atoms with van der Waals surface area (Å²) in [6.45, 7) is 2.52. The summed E-state index contributed by atoms with van der Waals surface area (Å²) < 4.78 is 5.61. The lowest BCUT2D eigenvalue weighted by molar-refractivity contribution is 0.227. The van der Waals surface area contributed by atoms with Crippen molar-refractivity contribution < 1.29 is 9.53 Å². The van der Waals surface area contributed by atoms with Gasteiger partial charge < -0.3 is 15.4 Å². The number of aryl methyl sites for hydroxylation is 1. The molecule has 2 amide bonds. The van der Waals surface area contributed by atoms with Gasteiger partial charge in [-0.05, 0) is 31.7 Å². The maximum Gasteiger partial charge on any atom is 0.315 e. The summed E-state index contributed by atoms with van der Waals surface area (Å²) in [4.78, 5) is 18.1. The SMILES string of the molecule is Cc1cnc([C@H](NC(=O)N[C@H]2COc3ccccc32)C2CC2)s1. The Morgan fingerprint density at radius 2 is 2.22 bits per heavy atom. The topological polar surface area (TPSA) is 63.2 Å². The van der Waals surface area contributed by atoms with Crippen LogP contribution in [-0.2, 0) is 0 Å². The Morgan fingerprint density at radius 3 is 2.96 bits per heavy atom. The lowest BCUT2D eigenvalue weighted by Crippen LogP contribution is -2.41. The van der Waals surface area contributed by atoms with Gasteiger partial charge in [0.05, 0.1) is 12.1 Å². The van der Waals surface area contributed by atoms with E-state index in [0.29, 0.717) is 12.5 Å². The molecule has 1 aromatic carbocycles. The second-order valence-electron chi connectivity index (χ2n) is 6.14. The van der Waals surface area contributed by atoms with E-state index in [9.17, 15) is 4.79 Å². The number of hydrogen-bond acceptors (Lipinski definition) is 4. The van der Waals surface area contributed by atoms with E-state index < -0.39 is 0 Å². The van der Waals surface area contributed by atoms with E-state index in [2.05, 4.69) is 15.6 Å². The summed E-state index contributed by atoms with van der Waals surface area (Å²) in [5.41, 5.74) is 1.04. The van der Waals surface area contributed by atoms with Crippen LogP contribution < -0.4 is 15.4 Å². The Hall–Kier alpha value is -2.08. The van der Waals surface area contributed by atoms with Crippen molar-refractivity contribution >= 4 is 17.4 Å². The summed E-state index contributed by atoms with van der Waals surface area (Å²) in [7, 11) is 0. The fourth-order valence-corrected chi connectivity index (χ4v) is 3.87. The quantitative estimate of drug-likeness (QED) is 0.904. The Labute approximate surface area is 139 Å². The van der Waals surface area contributed by atoms with Crippen LogP contribution >= 0.6 is 11.3 Å². The lowest BCUT2D eigenvalue weighted by atomic mass is 10.1. The third kappa shape index (κ3) is 3.03. The molecule has 5 nitrogen and oxygen atoms in total. The van der Waals surface area contributed by atoms with Gasteiger partial charge in [0, 0.05) is 16.6 Å². The minimum Gasteiger partial charge on any atom is -0.491 e. The molecule has 0 bridgehead atoms. The van der Waals surface area contributed by atoms with Gasteiger partial charge in [-0.1, -0.05) is 18.2 Å². The number of benzene rings is 1. The smallest absolute Gasteiger partial charge is 0.315 e. The lowest BCUT2D eigenvalue weighted by Gasteiger charge is -2.18. The van der Waals surface area contributed by atoms with Crippen molar-refractivity contribution in [2.75, 3.05) is 6.61 Å². The largest absolute Gasteiger partial charge is 0.491 e. The van der Waals surface area contributed by atoms with Crippen molar-refractivity contribution in [1.82, 2.24) is 15.6 Å². The molecule has 1 aliphatic heterocycles. The predicted molar refractivity (Wildman–Crippen MR) is 88.7 cm³/mol. The number of amides is 2. The Kier molecular flexibility index (Phi) is 3.69. The van der Waals surface area contributed by atoms with Crippen molar-refractivity contribution in [2.24, 2.45) is 5.92 Å². The third-order valence-corrected chi connectivity index (χ3v) is 5.29. The van der Waals surface area contributed by atoms with Gasteiger partial charge in [-0.15, -0.1) is 11.3 Å². The second-order valence-corrected chi connectivity index (χ2v) is 7.41. The standard InChI is InChI=1S/C17H19N3O2S/c1-10-8-18-16(23-10)15(11-6-7-11)20-17(21)19-13-9-22-14-5-3-2-4-12(13)14/h2-5,8,11,13,15H,6-7,9H2,1H3,(H2,19,20,21)/t13-,15+/m0/s1. The van der Waals surface area contributed by atoms with E-state index >= 15 is 0 Å². The van der Waals surface area contributed by atoms with Crippen LogP contribution in [0.15, 0.2) is 30.5 Å². The molecule has 2 atom stereocenters. The second kappa shape index (κ2) is 5.85. The third-order valence-electron chi connectivity index (χ3n) is 4.29. The van der Waals surface area contributed by atoms with Crippen molar-refractivity contribution in [3.05, 3.63) is 45.9 Å². The molecule has 2 N–H and O–H groups in total. The van der Waals surface area contributed by atoms with Crippen LogP contribution in [0.2, 0.25) is 0 Å². The first-order chi connectivity index (χ1) is 11.2. The highest BCUT2D eigenvalue weighted by molar-refractivity contribution is 7.11. The molecular formula is C17H19N3O2S. The van der Waals surface area contributed by atoms with E-state index in [0.717, 1.165) is 29.2 Å². The molecule has 4 rings (SSSR count). The highest BCUT2D eigenvalue weighted by Crippen LogP contribution is 2.42. The fraction of sp³-hybridized carbons (Fsp3) is 0.412. The molecule has 2 aliphatic rings. The molecule has 0 saturated heterocycles. The van der Waals surface area contributed by atoms with E-state index in [1.54, 1.807) is 11.3 Å². The predicted octanol–water partition coefficient (Wildman–Crippen LogP) is 3.34. The monoisotopic (exact) mass is 329 g/mol. The molecule has 6 heteroatoms. The van der Waals surface area contributed by atoms with Crippen LogP contribution in [0.25, 0.3) is 0 Å². The zero-order chi connectivity index (χ0) is 15.8. The highest BCUT2D eigenvalue weighted by Gasteiger charge is 2.36. The molecule has 0 spiro atoms. The van der Waals surface area contributed by atoms with Crippen LogP contribution in [0.4, 0.5) is 4.79 Å². The van der Waals surface area contributed by atoms with Crippen molar-refractivity contribution in [3.63, 3.8) is 0 Å². The van der Waals surface area contributed by atoms with Gasteiger partial charge in [0.2, 0.25) is 0 Å². The molecule has 23 heavy (non-hydrogen) atoms. The van der Waals surface area contributed by atoms with Gasteiger partial charge in [0.1, 0.15) is 17.4 Å². The maximum atomic E-state index is 12.4. The molecular weight excluding hydrogens is 310 g/mol. The van der Waals surface area contributed by atoms with Gasteiger partial charge in [-0.3, -0.25) is 0 Å². The number of fused-ring (bicyclic) bond motifs is 1. The van der Waals surface area contributed by atoms with Gasteiger partial charge in [-0.2, -0.15) is 0 Å². The van der Waals surface area contributed by atoms with Gasteiger partial charge in [-0.25, -0.2) is 9.78 Å². The van der Waals surface area contributed by atoms with Crippen LogP contribution in [0.5, 0.6) is 5.75 Å². The molecule has 120 valence electrons. The van der Waals surface area contributed by atoms with Crippen LogP contribution in [-0.4, -0.2) is 17.6 Å². The number of nitrogens with one attached hydrogen (secondary N) is 2. The number of urea groups is 1. The van der Waals surface area contributed by atoms with Crippen molar-refractivity contribution in [2.45, 2.75) is 31.8 Å². The van der Waals surface area contributed by atoms with E-state index in [1.165, 1.54) is 4.88 Å². The number of ether oxygens (including phenoxy) is 1. The van der Waals surface area contributed by atoms with Crippen LogP contribution in [0, 0.1) is 12.8 Å². The number of nitrogens with zero attached hydrogens (tertiary/aromatic N) is 1. The molecule has 0 radical (unpaired) electrons. The summed E-state index contributed by atoms with van der Waals surface area (Å²) in [5.74, 6) is 1.37. The Bertz CT molecular complexity index is 726. The first kappa shape index (κ1) is 14.5. The van der Waals surface area contributed by atoms with Crippen molar-refractivity contribution in [1.29, 1.82) is 0 Å².